The fraction of sp³-hybridized carbons (Fsp3) is 0.0556. The van der Waals surface area contributed by atoms with Crippen LogP contribution in [0.25, 0.3) is 10.8 Å². The van der Waals surface area contributed by atoms with Gasteiger partial charge in [0.15, 0.2) is 11.5 Å². The van der Waals surface area contributed by atoms with E-state index in [-0.39, 0.29) is 5.75 Å². The highest BCUT2D eigenvalue weighted by atomic mass is 79.9. The molecule has 0 aromatic heterocycles. The summed E-state index contributed by atoms with van der Waals surface area (Å²) in [5.74, 6) is 0.500. The lowest BCUT2D eigenvalue weighted by Crippen LogP contribution is -1.88. The fourth-order valence-electron chi connectivity index (χ4n) is 2.23. The van der Waals surface area contributed by atoms with E-state index >= 15 is 0 Å². The summed E-state index contributed by atoms with van der Waals surface area (Å²) in [5, 5.41) is 12.2. The van der Waals surface area contributed by atoms with Crippen molar-refractivity contribution < 1.29 is 9.84 Å². The molecule has 0 aliphatic heterocycles. The number of fused-ring (bicyclic) bond motifs is 1. The van der Waals surface area contributed by atoms with E-state index in [0.29, 0.717) is 10.2 Å². The topological polar surface area (TPSA) is 41.8 Å². The van der Waals surface area contributed by atoms with Gasteiger partial charge in [-0.1, -0.05) is 30.3 Å². The Morgan fingerprint density at radius 1 is 1.05 bits per heavy atom. The lowest BCUT2D eigenvalue weighted by Gasteiger charge is -2.06. The maximum absolute atomic E-state index is 9.81. The molecule has 0 aliphatic rings. The summed E-state index contributed by atoms with van der Waals surface area (Å²) >= 11 is 3.30. The highest BCUT2D eigenvalue weighted by molar-refractivity contribution is 9.10. The molecule has 0 atom stereocenters. The highest BCUT2D eigenvalue weighted by Crippen LogP contribution is 2.34. The van der Waals surface area contributed by atoms with E-state index in [1.54, 1.807) is 18.3 Å². The van der Waals surface area contributed by atoms with Crippen molar-refractivity contribution in [1.29, 1.82) is 0 Å². The van der Waals surface area contributed by atoms with Crippen molar-refractivity contribution >= 4 is 38.6 Å². The van der Waals surface area contributed by atoms with E-state index in [2.05, 4.69) is 39.1 Å². The Morgan fingerprint density at radius 3 is 2.59 bits per heavy atom. The number of benzene rings is 3. The Labute approximate surface area is 137 Å². The van der Waals surface area contributed by atoms with Crippen LogP contribution in [0.5, 0.6) is 11.5 Å². The molecule has 0 amide bonds. The van der Waals surface area contributed by atoms with Crippen LogP contribution in [-0.4, -0.2) is 18.4 Å². The molecule has 3 nitrogen and oxygen atoms in total. The number of aliphatic imine (C=N–C) groups is 1. The average molecular weight is 356 g/mol. The molecular formula is C18H14BrNO2. The van der Waals surface area contributed by atoms with Gasteiger partial charge in [0, 0.05) is 6.21 Å². The van der Waals surface area contributed by atoms with Crippen LogP contribution in [0.1, 0.15) is 5.56 Å². The smallest absolute Gasteiger partial charge is 0.172 e. The van der Waals surface area contributed by atoms with Gasteiger partial charge >= 0.3 is 0 Å². The molecule has 3 aromatic rings. The lowest BCUT2D eigenvalue weighted by atomic mass is 10.1. The monoisotopic (exact) mass is 355 g/mol. The average Bonchev–Trinajstić information content (AvgIpc) is 2.55. The molecule has 0 unspecified atom stereocenters. The Morgan fingerprint density at radius 2 is 1.82 bits per heavy atom. The molecule has 0 saturated carbocycles. The number of hydrogen-bond donors (Lipinski definition) is 1. The Kier molecular flexibility index (Phi) is 4.11. The number of ether oxygens (including phenoxy) is 1. The van der Waals surface area contributed by atoms with Crippen LogP contribution in [0.15, 0.2) is 64.1 Å². The van der Waals surface area contributed by atoms with Crippen molar-refractivity contribution in [1.82, 2.24) is 0 Å². The molecule has 0 saturated heterocycles. The minimum Gasteiger partial charge on any atom is -0.503 e. The van der Waals surface area contributed by atoms with Gasteiger partial charge in [0.05, 0.1) is 17.3 Å². The van der Waals surface area contributed by atoms with Gasteiger partial charge in [0.2, 0.25) is 0 Å². The minimum atomic E-state index is 0.0883. The fourth-order valence-corrected chi connectivity index (χ4v) is 2.69. The van der Waals surface area contributed by atoms with Crippen LogP contribution >= 0.6 is 15.9 Å². The van der Waals surface area contributed by atoms with Crippen LogP contribution in [0.4, 0.5) is 5.69 Å². The Bertz CT molecular complexity index is 859. The number of nitrogens with zero attached hydrogens (tertiary/aromatic N) is 1. The molecule has 4 heteroatoms. The Hall–Kier alpha value is -2.33. The summed E-state index contributed by atoms with van der Waals surface area (Å²) in [6.07, 6.45) is 1.75. The molecule has 0 heterocycles. The molecule has 110 valence electrons. The van der Waals surface area contributed by atoms with Gasteiger partial charge in [-0.05, 0) is 56.5 Å². The minimum absolute atomic E-state index is 0.0883. The van der Waals surface area contributed by atoms with Crippen LogP contribution in [-0.2, 0) is 0 Å². The second-order valence-corrected chi connectivity index (χ2v) is 5.70. The van der Waals surface area contributed by atoms with Crippen molar-refractivity contribution in [3.63, 3.8) is 0 Å². The predicted molar refractivity (Wildman–Crippen MR) is 93.6 cm³/mol. The maximum Gasteiger partial charge on any atom is 0.172 e. The first-order chi connectivity index (χ1) is 10.7. The van der Waals surface area contributed by atoms with Crippen LogP contribution in [0.3, 0.4) is 0 Å². The zero-order valence-corrected chi connectivity index (χ0v) is 13.5. The van der Waals surface area contributed by atoms with Crippen molar-refractivity contribution in [3.05, 3.63) is 64.6 Å². The maximum atomic E-state index is 9.81. The third kappa shape index (κ3) is 2.97. The molecule has 0 fully saturated rings. The lowest BCUT2D eigenvalue weighted by molar-refractivity contribution is 0.372. The second kappa shape index (κ2) is 6.20. The molecule has 3 aromatic carbocycles. The summed E-state index contributed by atoms with van der Waals surface area (Å²) in [7, 11) is 1.52. The molecule has 3 rings (SSSR count). The molecule has 1 N–H and O–H groups in total. The summed E-state index contributed by atoms with van der Waals surface area (Å²) in [6, 6.07) is 17.8. The quantitative estimate of drug-likeness (QED) is 0.666. The first-order valence-corrected chi connectivity index (χ1v) is 7.56. The first-order valence-electron chi connectivity index (χ1n) is 6.77. The summed E-state index contributed by atoms with van der Waals surface area (Å²) in [6.45, 7) is 0. The van der Waals surface area contributed by atoms with E-state index in [1.807, 2.05) is 24.3 Å². The number of phenols is 1. The third-order valence-corrected chi connectivity index (χ3v) is 3.97. The predicted octanol–water partition coefficient (Wildman–Crippen LogP) is 5.07. The number of hydrogen-bond acceptors (Lipinski definition) is 3. The zero-order valence-electron chi connectivity index (χ0n) is 12.0. The summed E-state index contributed by atoms with van der Waals surface area (Å²) in [4.78, 5) is 4.49. The van der Waals surface area contributed by atoms with Gasteiger partial charge in [-0.15, -0.1) is 0 Å². The number of aromatic hydroxyl groups is 1. The van der Waals surface area contributed by atoms with Gasteiger partial charge in [0.25, 0.3) is 0 Å². The number of phenolic OH excluding ortho intramolecular Hbond substituents is 1. The highest BCUT2D eigenvalue weighted by Gasteiger charge is 2.07. The first kappa shape index (κ1) is 14.6. The van der Waals surface area contributed by atoms with Gasteiger partial charge in [-0.3, -0.25) is 4.99 Å². The summed E-state index contributed by atoms with van der Waals surface area (Å²) < 4.78 is 5.71. The van der Waals surface area contributed by atoms with E-state index in [1.165, 1.54) is 12.5 Å². The number of rotatable bonds is 3. The van der Waals surface area contributed by atoms with Crippen LogP contribution < -0.4 is 4.74 Å². The SMILES string of the molecule is COc1cc(C=Nc2ccc3ccccc3c2)cc(Br)c1O. The number of methoxy groups -OCH3 is 1. The van der Waals surface area contributed by atoms with Crippen molar-refractivity contribution in [2.45, 2.75) is 0 Å². The van der Waals surface area contributed by atoms with Gasteiger partial charge in [-0.2, -0.15) is 0 Å². The molecule has 0 radical (unpaired) electrons. The standard InChI is InChI=1S/C18H14BrNO2/c1-22-17-9-12(8-16(19)18(17)21)11-20-15-7-6-13-4-2-3-5-14(13)10-15/h2-11,21H,1H3. The Balaban J connectivity index is 1.94. The third-order valence-electron chi connectivity index (χ3n) is 3.37. The molecule has 0 aliphatic carbocycles. The molecule has 0 spiro atoms. The van der Waals surface area contributed by atoms with E-state index in [0.717, 1.165) is 16.6 Å². The van der Waals surface area contributed by atoms with E-state index in [9.17, 15) is 5.11 Å². The molecule has 22 heavy (non-hydrogen) atoms. The van der Waals surface area contributed by atoms with Gasteiger partial charge < -0.3 is 9.84 Å². The van der Waals surface area contributed by atoms with Crippen molar-refractivity contribution in [3.8, 4) is 11.5 Å². The largest absolute Gasteiger partial charge is 0.503 e. The van der Waals surface area contributed by atoms with Gasteiger partial charge in [-0.25, -0.2) is 0 Å². The molecule has 0 bridgehead atoms. The van der Waals surface area contributed by atoms with Crippen molar-refractivity contribution in [2.75, 3.05) is 7.11 Å². The van der Waals surface area contributed by atoms with E-state index in [4.69, 9.17) is 4.74 Å². The van der Waals surface area contributed by atoms with Crippen molar-refractivity contribution in [2.24, 2.45) is 4.99 Å². The van der Waals surface area contributed by atoms with Crippen LogP contribution in [0, 0.1) is 0 Å². The molecular weight excluding hydrogens is 342 g/mol. The second-order valence-electron chi connectivity index (χ2n) is 4.84. The van der Waals surface area contributed by atoms with Gasteiger partial charge in [0.1, 0.15) is 0 Å². The van der Waals surface area contributed by atoms with Crippen LogP contribution in [0.2, 0.25) is 0 Å². The van der Waals surface area contributed by atoms with E-state index < -0.39 is 0 Å². The number of halogens is 1. The zero-order chi connectivity index (χ0) is 15.5. The normalized spacial score (nSPS) is 11.2. The summed E-state index contributed by atoms with van der Waals surface area (Å²) in [5.41, 5.74) is 1.72.